The number of thioether (sulfide) groups is 1. The molecule has 6 nitrogen and oxygen atoms in total. The van der Waals surface area contributed by atoms with Crippen LogP contribution in [-0.2, 0) is 19.9 Å². The number of halogens is 1. The van der Waals surface area contributed by atoms with Crippen molar-refractivity contribution in [3.05, 3.63) is 22.7 Å². The van der Waals surface area contributed by atoms with Crippen LogP contribution in [0.5, 0.6) is 5.75 Å². The fraction of sp³-hybridized carbons (Fsp3) is 0.500. The van der Waals surface area contributed by atoms with Crippen LogP contribution in [0.1, 0.15) is 0 Å². The van der Waals surface area contributed by atoms with Gasteiger partial charge >= 0.3 is 0 Å². The number of hydrogen-bond acceptors (Lipinski definition) is 6. The molecule has 1 unspecified atom stereocenters. The van der Waals surface area contributed by atoms with Crippen LogP contribution in [0.2, 0.25) is 0 Å². The van der Waals surface area contributed by atoms with Gasteiger partial charge in [-0.1, -0.05) is 0 Å². The monoisotopic (exact) mass is 429 g/mol. The van der Waals surface area contributed by atoms with E-state index in [0.29, 0.717) is 16.0 Å². The molecule has 22 heavy (non-hydrogen) atoms. The molecule has 1 atom stereocenters. The van der Waals surface area contributed by atoms with Crippen LogP contribution in [0, 0.1) is 0 Å². The SMILES string of the molecule is COc1ccc(S(=O)(=O)N2CCSCC2S(C)(=O)=O)cc1Br. The fourth-order valence-corrected chi connectivity index (χ4v) is 8.01. The van der Waals surface area contributed by atoms with Crippen molar-refractivity contribution in [2.45, 2.75) is 10.3 Å². The van der Waals surface area contributed by atoms with Gasteiger partial charge in [0.15, 0.2) is 9.84 Å². The third kappa shape index (κ3) is 3.61. The van der Waals surface area contributed by atoms with E-state index in [9.17, 15) is 16.8 Å². The molecule has 1 aliphatic rings. The van der Waals surface area contributed by atoms with Gasteiger partial charge in [-0.05, 0) is 34.1 Å². The normalized spacial score (nSPS) is 20.8. The minimum Gasteiger partial charge on any atom is -0.496 e. The fourth-order valence-electron chi connectivity index (χ4n) is 2.12. The molecule has 1 fully saturated rings. The number of ether oxygens (including phenoxy) is 1. The quantitative estimate of drug-likeness (QED) is 0.722. The minimum absolute atomic E-state index is 0.0423. The van der Waals surface area contributed by atoms with Crippen molar-refractivity contribution < 1.29 is 21.6 Å². The Morgan fingerprint density at radius 1 is 1.32 bits per heavy atom. The van der Waals surface area contributed by atoms with Crippen molar-refractivity contribution >= 4 is 47.6 Å². The first-order valence-electron chi connectivity index (χ1n) is 6.30. The van der Waals surface area contributed by atoms with Gasteiger partial charge in [0.05, 0.1) is 16.5 Å². The smallest absolute Gasteiger partial charge is 0.244 e. The van der Waals surface area contributed by atoms with E-state index in [1.807, 2.05) is 0 Å². The molecule has 2 rings (SSSR count). The van der Waals surface area contributed by atoms with E-state index in [0.717, 1.165) is 10.6 Å². The number of rotatable bonds is 4. The zero-order chi connectivity index (χ0) is 16.5. The van der Waals surface area contributed by atoms with E-state index in [4.69, 9.17) is 4.74 Å². The van der Waals surface area contributed by atoms with Crippen molar-refractivity contribution in [2.75, 3.05) is 31.4 Å². The van der Waals surface area contributed by atoms with Crippen molar-refractivity contribution in [1.82, 2.24) is 4.31 Å². The maximum absolute atomic E-state index is 12.8. The standard InChI is InChI=1S/C12H16BrNO5S3/c1-19-11-4-3-9(7-10(11)13)22(17,18)14-5-6-20-8-12(14)21(2,15)16/h3-4,7,12H,5-6,8H2,1-2H3. The molecule has 0 radical (unpaired) electrons. The van der Waals surface area contributed by atoms with Gasteiger partial charge in [-0.3, -0.25) is 0 Å². The van der Waals surface area contributed by atoms with E-state index in [2.05, 4.69) is 15.9 Å². The number of nitrogens with zero attached hydrogens (tertiary/aromatic N) is 1. The zero-order valence-electron chi connectivity index (χ0n) is 12.0. The number of hydrogen-bond donors (Lipinski definition) is 0. The molecule has 0 saturated carbocycles. The van der Waals surface area contributed by atoms with Gasteiger partial charge in [0.1, 0.15) is 11.1 Å². The predicted octanol–water partition coefficient (Wildman–Crippen LogP) is 1.57. The zero-order valence-corrected chi connectivity index (χ0v) is 16.1. The molecule has 1 saturated heterocycles. The summed E-state index contributed by atoms with van der Waals surface area (Å²) in [7, 11) is -5.90. The first-order valence-corrected chi connectivity index (χ1v) is 11.6. The van der Waals surface area contributed by atoms with Crippen LogP contribution in [0.15, 0.2) is 27.6 Å². The lowest BCUT2D eigenvalue weighted by molar-refractivity contribution is 0.403. The summed E-state index contributed by atoms with van der Waals surface area (Å²) in [5.41, 5.74) is 0. The molecule has 1 aromatic rings. The van der Waals surface area contributed by atoms with Crippen LogP contribution in [0.4, 0.5) is 0 Å². The average Bonchev–Trinajstić information content (AvgIpc) is 2.46. The minimum atomic E-state index is -3.89. The van der Waals surface area contributed by atoms with Crippen LogP contribution in [0.25, 0.3) is 0 Å². The Balaban J connectivity index is 2.46. The first-order chi connectivity index (χ1) is 10.2. The summed E-state index contributed by atoms with van der Waals surface area (Å²) in [5.74, 6) is 1.32. The van der Waals surface area contributed by atoms with E-state index in [1.54, 1.807) is 0 Å². The number of benzene rings is 1. The molecular weight excluding hydrogens is 414 g/mol. The Morgan fingerprint density at radius 3 is 2.55 bits per heavy atom. The van der Waals surface area contributed by atoms with Crippen LogP contribution >= 0.6 is 27.7 Å². The van der Waals surface area contributed by atoms with E-state index < -0.39 is 25.2 Å². The molecule has 10 heteroatoms. The Morgan fingerprint density at radius 2 is 2.00 bits per heavy atom. The average molecular weight is 430 g/mol. The van der Waals surface area contributed by atoms with Crippen molar-refractivity contribution in [3.8, 4) is 5.75 Å². The summed E-state index contributed by atoms with van der Waals surface area (Å²) in [5, 5.41) is -1.03. The lowest BCUT2D eigenvalue weighted by Gasteiger charge is -2.33. The maximum Gasteiger partial charge on any atom is 0.244 e. The summed E-state index contributed by atoms with van der Waals surface area (Å²) >= 11 is 4.69. The van der Waals surface area contributed by atoms with Gasteiger partial charge in [0, 0.05) is 24.3 Å². The Bertz CT molecular complexity index is 763. The molecule has 0 aliphatic carbocycles. The summed E-state index contributed by atoms with van der Waals surface area (Å²) in [6.07, 6.45) is 1.07. The third-order valence-electron chi connectivity index (χ3n) is 3.26. The van der Waals surface area contributed by atoms with Crippen molar-refractivity contribution in [3.63, 3.8) is 0 Å². The lowest BCUT2D eigenvalue weighted by atomic mass is 10.3. The molecular formula is C12H16BrNO5S3. The second kappa shape index (κ2) is 6.68. The molecule has 0 bridgehead atoms. The van der Waals surface area contributed by atoms with Gasteiger partial charge in [0.25, 0.3) is 0 Å². The molecule has 1 heterocycles. The van der Waals surface area contributed by atoms with Gasteiger partial charge in [0.2, 0.25) is 10.0 Å². The Hall–Kier alpha value is -0.290. The first kappa shape index (κ1) is 18.1. The summed E-state index contributed by atoms with van der Waals surface area (Å²) in [6.45, 7) is 0.175. The van der Waals surface area contributed by atoms with Gasteiger partial charge in [-0.2, -0.15) is 16.1 Å². The van der Waals surface area contributed by atoms with Crippen LogP contribution in [0.3, 0.4) is 0 Å². The highest BCUT2D eigenvalue weighted by Gasteiger charge is 2.39. The highest BCUT2D eigenvalue weighted by Crippen LogP contribution is 2.31. The summed E-state index contributed by atoms with van der Waals surface area (Å²) in [6, 6.07) is 4.38. The molecule has 1 aromatic carbocycles. The predicted molar refractivity (Wildman–Crippen MR) is 90.5 cm³/mol. The molecule has 124 valence electrons. The third-order valence-corrected chi connectivity index (χ3v) is 8.56. The van der Waals surface area contributed by atoms with Crippen molar-refractivity contribution in [2.24, 2.45) is 0 Å². The Kier molecular flexibility index (Phi) is 5.48. The largest absolute Gasteiger partial charge is 0.496 e. The molecule has 1 aliphatic heterocycles. The maximum atomic E-state index is 12.8. The molecule has 0 spiro atoms. The second-order valence-electron chi connectivity index (χ2n) is 4.77. The second-order valence-corrected chi connectivity index (χ2v) is 10.9. The summed E-state index contributed by atoms with van der Waals surface area (Å²) < 4.78 is 56.0. The van der Waals surface area contributed by atoms with Gasteiger partial charge in [-0.25, -0.2) is 16.8 Å². The van der Waals surface area contributed by atoms with Gasteiger partial charge < -0.3 is 4.74 Å². The Labute approximate surface area is 143 Å². The number of sulfone groups is 1. The van der Waals surface area contributed by atoms with Crippen LogP contribution in [-0.4, -0.2) is 57.9 Å². The summed E-state index contributed by atoms with van der Waals surface area (Å²) in [4.78, 5) is 0.0423. The number of sulfonamides is 1. The topological polar surface area (TPSA) is 80.8 Å². The van der Waals surface area contributed by atoms with E-state index in [-0.39, 0.29) is 17.2 Å². The van der Waals surface area contributed by atoms with E-state index >= 15 is 0 Å². The van der Waals surface area contributed by atoms with Crippen LogP contribution < -0.4 is 4.74 Å². The molecule has 0 N–H and O–H groups in total. The van der Waals surface area contributed by atoms with Crippen molar-refractivity contribution in [1.29, 1.82) is 0 Å². The highest BCUT2D eigenvalue weighted by atomic mass is 79.9. The molecule has 0 aromatic heterocycles. The lowest BCUT2D eigenvalue weighted by Crippen LogP contribution is -2.49. The number of methoxy groups -OCH3 is 1. The highest BCUT2D eigenvalue weighted by molar-refractivity contribution is 9.10. The molecule has 0 amide bonds. The van der Waals surface area contributed by atoms with Gasteiger partial charge in [-0.15, -0.1) is 0 Å². The van der Waals surface area contributed by atoms with E-state index in [1.165, 1.54) is 37.1 Å².